The molecule has 0 radical (unpaired) electrons. The van der Waals surface area contributed by atoms with E-state index in [2.05, 4.69) is 123 Å². The Balaban J connectivity index is 1.26. The van der Waals surface area contributed by atoms with Gasteiger partial charge in [-0.3, -0.25) is 4.98 Å². The van der Waals surface area contributed by atoms with E-state index < -0.39 is 0 Å². The van der Waals surface area contributed by atoms with Crippen LogP contribution in [0.4, 0.5) is 0 Å². The Bertz CT molecular complexity index is 2490. The Labute approximate surface area is 253 Å². The average molecular weight is 564 g/mol. The highest BCUT2D eigenvalue weighted by Gasteiger charge is 2.17. The molecule has 4 heterocycles. The molecule has 0 aliphatic heterocycles. The molecule has 5 nitrogen and oxygen atoms in total. The van der Waals surface area contributed by atoms with E-state index in [0.29, 0.717) is 5.82 Å². The summed E-state index contributed by atoms with van der Waals surface area (Å²) < 4.78 is 4.62. The van der Waals surface area contributed by atoms with E-state index in [-0.39, 0.29) is 0 Å². The van der Waals surface area contributed by atoms with Gasteiger partial charge in [0.2, 0.25) is 0 Å². The van der Waals surface area contributed by atoms with Gasteiger partial charge in [0, 0.05) is 50.9 Å². The van der Waals surface area contributed by atoms with Crippen LogP contribution in [0, 0.1) is 0 Å². The first-order valence-electron chi connectivity index (χ1n) is 14.7. The fourth-order valence-corrected chi connectivity index (χ4v) is 6.38. The molecule has 0 fully saturated rings. The highest BCUT2D eigenvalue weighted by atomic mass is 15.0. The van der Waals surface area contributed by atoms with E-state index >= 15 is 0 Å². The van der Waals surface area contributed by atoms with E-state index in [0.717, 1.165) is 50.3 Å². The molecule has 0 bridgehead atoms. The first-order valence-corrected chi connectivity index (χ1v) is 14.7. The van der Waals surface area contributed by atoms with Crippen LogP contribution in [-0.4, -0.2) is 24.1 Å². The van der Waals surface area contributed by atoms with Crippen molar-refractivity contribution >= 4 is 43.6 Å². The van der Waals surface area contributed by atoms with E-state index in [9.17, 15) is 0 Å². The predicted octanol–water partition coefficient (Wildman–Crippen LogP) is 9.40. The molecule has 5 heteroatoms. The van der Waals surface area contributed by atoms with Gasteiger partial charge in [-0.15, -0.1) is 0 Å². The monoisotopic (exact) mass is 563 g/mol. The van der Waals surface area contributed by atoms with E-state index in [4.69, 9.17) is 9.97 Å². The Kier molecular flexibility index (Phi) is 5.43. The van der Waals surface area contributed by atoms with Crippen LogP contribution in [0.5, 0.6) is 0 Å². The molecule has 9 rings (SSSR count). The molecule has 0 aliphatic carbocycles. The van der Waals surface area contributed by atoms with Crippen molar-refractivity contribution in [2.45, 2.75) is 0 Å². The smallest absolute Gasteiger partial charge is 0.160 e. The molecule has 0 atom stereocenters. The van der Waals surface area contributed by atoms with Crippen LogP contribution in [0.2, 0.25) is 0 Å². The first-order chi connectivity index (χ1) is 21.8. The summed E-state index contributed by atoms with van der Waals surface area (Å²) in [4.78, 5) is 14.7. The summed E-state index contributed by atoms with van der Waals surface area (Å²) in [5, 5.41) is 4.61. The molecule has 0 saturated carbocycles. The topological polar surface area (TPSA) is 48.5 Å². The Morgan fingerprint density at radius 1 is 0.500 bits per heavy atom. The molecular weight excluding hydrogens is 538 g/mol. The third kappa shape index (κ3) is 3.83. The van der Waals surface area contributed by atoms with Crippen LogP contribution in [-0.2, 0) is 0 Å². The Morgan fingerprint density at radius 2 is 1.30 bits per heavy atom. The van der Waals surface area contributed by atoms with Crippen LogP contribution in [0.1, 0.15) is 0 Å². The molecule has 0 spiro atoms. The average Bonchev–Trinajstić information content (AvgIpc) is 3.66. The highest BCUT2D eigenvalue weighted by Crippen LogP contribution is 2.37. The number of rotatable bonds is 4. The lowest BCUT2D eigenvalue weighted by Crippen LogP contribution is -1.98. The zero-order chi connectivity index (χ0) is 29.0. The number of hydrogen-bond donors (Lipinski definition) is 0. The summed E-state index contributed by atoms with van der Waals surface area (Å²) >= 11 is 0. The summed E-state index contributed by atoms with van der Waals surface area (Å²) in [5.74, 6) is 0.675. The summed E-state index contributed by atoms with van der Waals surface area (Å²) in [7, 11) is 0. The van der Waals surface area contributed by atoms with Gasteiger partial charge in [-0.1, -0.05) is 72.8 Å². The third-order valence-electron chi connectivity index (χ3n) is 8.39. The number of fused-ring (bicyclic) bond motifs is 5. The second-order valence-corrected chi connectivity index (χ2v) is 11.0. The highest BCUT2D eigenvalue weighted by molar-refractivity contribution is 6.13. The van der Waals surface area contributed by atoms with Crippen molar-refractivity contribution in [2.75, 3.05) is 0 Å². The fraction of sp³-hybridized carbons (Fsp3) is 0. The number of aromatic nitrogens is 5. The molecule has 206 valence electrons. The zero-order valence-corrected chi connectivity index (χ0v) is 23.7. The van der Waals surface area contributed by atoms with Gasteiger partial charge >= 0.3 is 0 Å². The van der Waals surface area contributed by atoms with Crippen molar-refractivity contribution in [2.24, 2.45) is 0 Å². The lowest BCUT2D eigenvalue weighted by Gasteiger charge is -2.12. The third-order valence-corrected chi connectivity index (χ3v) is 8.39. The van der Waals surface area contributed by atoms with Crippen LogP contribution < -0.4 is 0 Å². The maximum absolute atomic E-state index is 5.08. The minimum Gasteiger partial charge on any atom is -0.317 e. The number of nitrogens with zero attached hydrogens (tertiary/aromatic N) is 5. The van der Waals surface area contributed by atoms with E-state index in [1.165, 1.54) is 21.7 Å². The van der Waals surface area contributed by atoms with Crippen LogP contribution in [0.15, 0.2) is 152 Å². The molecule has 5 aromatic carbocycles. The SMILES string of the molecule is c1ccc(-n2ccc3cc4c(cc32)c2ccccc2n4-c2cccc(-c3nc(-c4ccccn4)c4ccccc4n3)c2)cc1. The van der Waals surface area contributed by atoms with Gasteiger partial charge in [-0.2, -0.15) is 0 Å². The molecule has 9 aromatic rings. The summed E-state index contributed by atoms with van der Waals surface area (Å²) in [6, 6.07) is 48.5. The molecule has 44 heavy (non-hydrogen) atoms. The van der Waals surface area contributed by atoms with Crippen molar-refractivity contribution < 1.29 is 0 Å². The minimum atomic E-state index is 0.675. The standard InChI is InChI=1S/C39H25N5/c1-2-12-28(13-3-1)43-22-20-26-24-37-32(25-36(26)43)30-15-5-7-19-35(30)44(37)29-14-10-11-27(23-29)39-41-33-17-6-4-16-31(33)38(42-39)34-18-8-9-21-40-34/h1-25H. The van der Waals surface area contributed by atoms with Crippen molar-refractivity contribution in [1.29, 1.82) is 0 Å². The molecular formula is C39H25N5. The van der Waals surface area contributed by atoms with Gasteiger partial charge in [0.25, 0.3) is 0 Å². The van der Waals surface area contributed by atoms with Crippen molar-refractivity contribution in [3.8, 4) is 34.2 Å². The molecule has 0 unspecified atom stereocenters. The number of benzene rings is 5. The van der Waals surface area contributed by atoms with Crippen molar-refractivity contribution in [1.82, 2.24) is 24.1 Å². The molecule has 0 amide bonds. The van der Waals surface area contributed by atoms with Crippen LogP contribution >= 0.6 is 0 Å². The van der Waals surface area contributed by atoms with Gasteiger partial charge in [-0.05, 0) is 66.7 Å². The summed E-state index contributed by atoms with van der Waals surface area (Å²) in [6.07, 6.45) is 3.96. The largest absolute Gasteiger partial charge is 0.317 e. The second-order valence-electron chi connectivity index (χ2n) is 11.0. The number of pyridine rings is 1. The van der Waals surface area contributed by atoms with E-state index in [1.807, 2.05) is 36.4 Å². The van der Waals surface area contributed by atoms with Gasteiger partial charge in [0.05, 0.1) is 27.8 Å². The quantitative estimate of drug-likeness (QED) is 0.214. The zero-order valence-electron chi connectivity index (χ0n) is 23.7. The molecule has 0 saturated heterocycles. The van der Waals surface area contributed by atoms with Gasteiger partial charge in [-0.25, -0.2) is 9.97 Å². The lowest BCUT2D eigenvalue weighted by atomic mass is 10.1. The predicted molar refractivity (Wildman–Crippen MR) is 179 cm³/mol. The lowest BCUT2D eigenvalue weighted by molar-refractivity contribution is 1.13. The maximum atomic E-state index is 5.08. The second kappa shape index (κ2) is 9.75. The molecule has 4 aromatic heterocycles. The molecule has 0 aliphatic rings. The number of hydrogen-bond acceptors (Lipinski definition) is 3. The van der Waals surface area contributed by atoms with Gasteiger partial charge in [0.15, 0.2) is 5.82 Å². The van der Waals surface area contributed by atoms with Crippen molar-refractivity contribution in [3.05, 3.63) is 152 Å². The summed E-state index contributed by atoms with van der Waals surface area (Å²) in [5.41, 5.74) is 9.23. The Hall–Kier alpha value is -6.07. The first kappa shape index (κ1) is 24.5. The van der Waals surface area contributed by atoms with Gasteiger partial charge in [0.1, 0.15) is 5.69 Å². The minimum absolute atomic E-state index is 0.675. The van der Waals surface area contributed by atoms with Gasteiger partial charge < -0.3 is 9.13 Å². The molecule has 0 N–H and O–H groups in total. The number of para-hydroxylation sites is 3. The van der Waals surface area contributed by atoms with E-state index in [1.54, 1.807) is 6.20 Å². The Morgan fingerprint density at radius 3 is 2.18 bits per heavy atom. The maximum Gasteiger partial charge on any atom is 0.160 e. The fourth-order valence-electron chi connectivity index (χ4n) is 6.38. The normalized spacial score (nSPS) is 11.6. The summed E-state index contributed by atoms with van der Waals surface area (Å²) in [6.45, 7) is 0. The van der Waals surface area contributed by atoms with Crippen molar-refractivity contribution in [3.63, 3.8) is 0 Å². The van der Waals surface area contributed by atoms with Crippen LogP contribution in [0.3, 0.4) is 0 Å². The van der Waals surface area contributed by atoms with Crippen LogP contribution in [0.25, 0.3) is 77.8 Å².